The molecule has 2 aromatic heterocycles. The highest BCUT2D eigenvalue weighted by atomic mass is 19.1. The van der Waals surface area contributed by atoms with E-state index in [1.165, 1.54) is 12.1 Å². The van der Waals surface area contributed by atoms with E-state index in [9.17, 15) is 9.18 Å². The number of nitrogens with zero attached hydrogens (tertiary/aromatic N) is 4. The fourth-order valence-corrected chi connectivity index (χ4v) is 5.41. The summed E-state index contributed by atoms with van der Waals surface area (Å²) in [6.45, 7) is 4.55. The maximum Gasteiger partial charge on any atom is 0.247 e. The van der Waals surface area contributed by atoms with Gasteiger partial charge in [-0.3, -0.25) is 4.79 Å². The van der Waals surface area contributed by atoms with Crippen LogP contribution in [0.25, 0.3) is 16.8 Å². The average molecular weight is 594 g/mol. The van der Waals surface area contributed by atoms with Gasteiger partial charge < -0.3 is 19.7 Å². The first-order valence-electron chi connectivity index (χ1n) is 15.0. The lowest BCUT2D eigenvalue weighted by atomic mass is 10.0. The molecule has 1 saturated heterocycles. The normalized spacial score (nSPS) is 14.1. The summed E-state index contributed by atoms with van der Waals surface area (Å²) in [5.41, 5.74) is 5.20. The van der Waals surface area contributed by atoms with Gasteiger partial charge in [-0.15, -0.1) is 5.10 Å². The first kappa shape index (κ1) is 29.3. The van der Waals surface area contributed by atoms with Crippen molar-refractivity contribution in [3.63, 3.8) is 0 Å². The number of anilines is 2. The van der Waals surface area contributed by atoms with E-state index in [0.717, 1.165) is 59.6 Å². The molecule has 226 valence electrons. The van der Waals surface area contributed by atoms with Crippen molar-refractivity contribution in [2.75, 3.05) is 32.1 Å². The molecule has 1 fully saturated rings. The number of piperidine rings is 1. The van der Waals surface area contributed by atoms with Crippen molar-refractivity contribution in [2.45, 2.75) is 38.7 Å². The molecule has 0 amide bonds. The molecular weight excluding hydrogens is 557 g/mol. The Hall–Kier alpha value is -4.76. The Labute approximate surface area is 256 Å². The van der Waals surface area contributed by atoms with Gasteiger partial charge in [-0.1, -0.05) is 36.4 Å². The van der Waals surface area contributed by atoms with E-state index in [-0.39, 0.29) is 24.1 Å². The monoisotopic (exact) mass is 593 g/mol. The van der Waals surface area contributed by atoms with Gasteiger partial charge in [0, 0.05) is 43.8 Å². The van der Waals surface area contributed by atoms with E-state index in [4.69, 9.17) is 9.47 Å². The number of ketones is 1. The summed E-state index contributed by atoms with van der Waals surface area (Å²) in [5, 5.41) is 7.96. The van der Waals surface area contributed by atoms with Crippen LogP contribution in [0.4, 0.5) is 16.0 Å². The van der Waals surface area contributed by atoms with Crippen LogP contribution in [0, 0.1) is 5.82 Å². The fraction of sp³-hybridized carbons (Fsp3) is 0.286. The zero-order chi connectivity index (χ0) is 30.5. The van der Waals surface area contributed by atoms with Crippen molar-refractivity contribution >= 4 is 23.1 Å². The molecule has 9 heteroatoms. The quantitative estimate of drug-likeness (QED) is 0.187. The van der Waals surface area contributed by atoms with Crippen LogP contribution in [0.1, 0.15) is 30.9 Å². The Bertz CT molecular complexity index is 1730. The summed E-state index contributed by atoms with van der Waals surface area (Å²) >= 11 is 0. The van der Waals surface area contributed by atoms with Gasteiger partial charge in [-0.2, -0.15) is 4.98 Å². The average Bonchev–Trinajstić information content (AvgIpc) is 3.43. The molecule has 44 heavy (non-hydrogen) atoms. The minimum Gasteiger partial charge on any atom is -0.492 e. The third-order valence-electron chi connectivity index (χ3n) is 7.80. The lowest BCUT2D eigenvalue weighted by Crippen LogP contribution is -2.35. The predicted molar refractivity (Wildman–Crippen MR) is 169 cm³/mol. The van der Waals surface area contributed by atoms with Crippen LogP contribution in [-0.4, -0.2) is 58.1 Å². The van der Waals surface area contributed by atoms with Crippen molar-refractivity contribution in [3.8, 4) is 22.6 Å². The van der Waals surface area contributed by atoms with E-state index in [1.54, 1.807) is 16.6 Å². The van der Waals surface area contributed by atoms with E-state index in [2.05, 4.69) is 27.3 Å². The predicted octanol–water partition coefficient (Wildman–Crippen LogP) is 6.51. The molecule has 5 aromatic rings. The van der Waals surface area contributed by atoms with Crippen LogP contribution in [0.2, 0.25) is 0 Å². The number of halogens is 1. The van der Waals surface area contributed by atoms with Gasteiger partial charge in [-0.25, -0.2) is 8.91 Å². The molecule has 1 aliphatic rings. The van der Waals surface area contributed by atoms with Crippen molar-refractivity contribution in [3.05, 3.63) is 102 Å². The van der Waals surface area contributed by atoms with Gasteiger partial charge in [0.25, 0.3) is 0 Å². The molecule has 1 aliphatic heterocycles. The molecule has 6 rings (SSSR count). The Morgan fingerprint density at radius 1 is 0.932 bits per heavy atom. The molecule has 0 radical (unpaired) electrons. The molecule has 0 spiro atoms. The zero-order valence-electron chi connectivity index (χ0n) is 25.0. The van der Waals surface area contributed by atoms with E-state index in [1.807, 2.05) is 67.7 Å². The minimum atomic E-state index is -0.303. The topological polar surface area (TPSA) is 81.0 Å². The Morgan fingerprint density at radius 3 is 2.32 bits per heavy atom. The molecule has 3 aromatic carbocycles. The molecular formula is C35H36FN5O3. The van der Waals surface area contributed by atoms with Crippen LogP contribution < -0.4 is 14.8 Å². The SMILES string of the molecule is CCOc1cc(OC2CCN(C)CC2)ccc1Nc1nc2ccc(-c3ccc(CC(=O)Cc4ccc(F)cc4)cc3)cn2n1. The first-order valence-corrected chi connectivity index (χ1v) is 15.0. The minimum absolute atomic E-state index is 0.0836. The molecule has 0 aliphatic carbocycles. The molecule has 0 atom stereocenters. The number of benzene rings is 3. The number of rotatable bonds is 11. The van der Waals surface area contributed by atoms with Gasteiger partial charge >= 0.3 is 0 Å². The Morgan fingerprint density at radius 2 is 1.61 bits per heavy atom. The summed E-state index contributed by atoms with van der Waals surface area (Å²) in [4.78, 5) is 19.5. The van der Waals surface area contributed by atoms with Crippen molar-refractivity contribution in [2.24, 2.45) is 0 Å². The molecule has 1 N–H and O–H groups in total. The van der Waals surface area contributed by atoms with Crippen LogP contribution in [-0.2, 0) is 17.6 Å². The number of nitrogens with one attached hydrogen (secondary N) is 1. The number of aromatic nitrogens is 3. The maximum absolute atomic E-state index is 13.1. The second-order valence-electron chi connectivity index (χ2n) is 11.2. The summed E-state index contributed by atoms with van der Waals surface area (Å²) in [6.07, 6.45) is 4.77. The third-order valence-corrected chi connectivity index (χ3v) is 7.80. The zero-order valence-corrected chi connectivity index (χ0v) is 25.0. The molecule has 3 heterocycles. The van der Waals surface area contributed by atoms with Gasteiger partial charge in [0.2, 0.25) is 5.95 Å². The standard InChI is InChI=1S/C35H36FN5O3/c1-3-43-33-22-31(44-30-16-18-40(2)19-17-30)13-14-32(33)37-35-38-34-15-10-27(23-41(34)39-35)26-8-4-24(5-9-26)20-29(42)21-25-6-11-28(36)12-7-25/h4-15,22-23,30H,3,16-21H2,1-2H3,(H,37,39). The van der Waals surface area contributed by atoms with Crippen molar-refractivity contribution in [1.29, 1.82) is 0 Å². The van der Waals surface area contributed by atoms with Crippen LogP contribution in [0.15, 0.2) is 85.1 Å². The number of ether oxygens (including phenoxy) is 2. The summed E-state index contributed by atoms with van der Waals surface area (Å²) in [5.74, 6) is 1.73. The van der Waals surface area contributed by atoms with Crippen LogP contribution >= 0.6 is 0 Å². The second kappa shape index (κ2) is 13.3. The molecule has 0 bridgehead atoms. The number of Topliss-reactive ketones (excluding diaryl/α,β-unsaturated/α-hetero) is 1. The third kappa shape index (κ3) is 7.23. The van der Waals surface area contributed by atoms with Gasteiger partial charge in [-0.05, 0) is 79.9 Å². The number of hydrogen-bond donors (Lipinski definition) is 1. The fourth-order valence-electron chi connectivity index (χ4n) is 5.41. The maximum atomic E-state index is 13.1. The highest BCUT2D eigenvalue weighted by Gasteiger charge is 2.19. The first-order chi connectivity index (χ1) is 21.4. The highest BCUT2D eigenvalue weighted by molar-refractivity contribution is 5.83. The number of pyridine rings is 1. The second-order valence-corrected chi connectivity index (χ2v) is 11.2. The van der Waals surface area contributed by atoms with Crippen LogP contribution in [0.3, 0.4) is 0 Å². The smallest absolute Gasteiger partial charge is 0.247 e. The van der Waals surface area contributed by atoms with Crippen molar-refractivity contribution < 1.29 is 18.7 Å². The molecule has 0 unspecified atom stereocenters. The van der Waals surface area contributed by atoms with Gasteiger partial charge in [0.05, 0.1) is 12.3 Å². The molecule has 0 saturated carbocycles. The number of likely N-dealkylation sites (tertiary alicyclic amines) is 1. The van der Waals surface area contributed by atoms with Gasteiger partial charge in [0.1, 0.15) is 29.2 Å². The van der Waals surface area contributed by atoms with Gasteiger partial charge in [0.15, 0.2) is 5.65 Å². The van der Waals surface area contributed by atoms with E-state index < -0.39 is 0 Å². The largest absolute Gasteiger partial charge is 0.492 e. The number of carbonyl (C=O) groups is 1. The number of fused-ring (bicyclic) bond motifs is 1. The Balaban J connectivity index is 1.11. The number of carbonyl (C=O) groups excluding carboxylic acids is 1. The summed E-state index contributed by atoms with van der Waals surface area (Å²) < 4.78 is 27.1. The van der Waals surface area contributed by atoms with Crippen LogP contribution in [0.5, 0.6) is 11.5 Å². The lowest BCUT2D eigenvalue weighted by molar-refractivity contribution is -0.117. The van der Waals surface area contributed by atoms with E-state index >= 15 is 0 Å². The molecule has 8 nitrogen and oxygen atoms in total. The summed E-state index contributed by atoms with van der Waals surface area (Å²) in [6, 6.07) is 23.7. The van der Waals surface area contributed by atoms with E-state index in [0.29, 0.717) is 30.4 Å². The Kier molecular flexibility index (Phi) is 8.84. The highest BCUT2D eigenvalue weighted by Crippen LogP contribution is 2.33. The lowest BCUT2D eigenvalue weighted by Gasteiger charge is -2.29. The van der Waals surface area contributed by atoms with Crippen molar-refractivity contribution in [1.82, 2.24) is 19.5 Å². The summed E-state index contributed by atoms with van der Waals surface area (Å²) in [7, 11) is 2.14. The number of hydrogen-bond acceptors (Lipinski definition) is 7.